The summed E-state index contributed by atoms with van der Waals surface area (Å²) in [5, 5.41) is 7.00. The average molecular weight is 338 g/mol. The Kier molecular flexibility index (Phi) is 3.94. The van der Waals surface area contributed by atoms with Crippen LogP contribution in [0.1, 0.15) is 28.5 Å². The fraction of sp³-hybridized carbons (Fsp3) is 0.263. The molecule has 1 amide bonds. The van der Waals surface area contributed by atoms with Crippen molar-refractivity contribution in [2.45, 2.75) is 25.7 Å². The van der Waals surface area contributed by atoms with E-state index in [4.69, 9.17) is 4.42 Å². The van der Waals surface area contributed by atoms with Gasteiger partial charge in [-0.1, -0.05) is 24.3 Å². The van der Waals surface area contributed by atoms with Gasteiger partial charge in [-0.25, -0.2) is 4.98 Å². The summed E-state index contributed by atoms with van der Waals surface area (Å²) in [7, 11) is 0. The van der Waals surface area contributed by atoms with Gasteiger partial charge in [0.2, 0.25) is 11.8 Å². The molecule has 0 unspecified atom stereocenters. The van der Waals surface area contributed by atoms with Gasteiger partial charge in [-0.3, -0.25) is 4.79 Å². The Balaban J connectivity index is 1.35. The highest BCUT2D eigenvalue weighted by atomic mass is 32.1. The van der Waals surface area contributed by atoms with Gasteiger partial charge >= 0.3 is 0 Å². The Morgan fingerprint density at radius 1 is 1.38 bits per heavy atom. The maximum atomic E-state index is 12.2. The zero-order valence-corrected chi connectivity index (χ0v) is 14.2. The molecule has 0 saturated heterocycles. The third-order valence-electron chi connectivity index (χ3n) is 4.50. The van der Waals surface area contributed by atoms with Crippen molar-refractivity contribution in [3.05, 3.63) is 63.7 Å². The summed E-state index contributed by atoms with van der Waals surface area (Å²) >= 11 is 1.60. The van der Waals surface area contributed by atoms with E-state index in [1.807, 2.05) is 23.8 Å². The minimum atomic E-state index is -0.00681. The standard InChI is InChI=1S/C19H18N2O2S/c1-12-17(21-19(23-12)14-6-7-24-11-14)9-18(22)20-10-15-8-13-4-2-3-5-16(13)15/h2-7,11,15H,8-10H2,1H3,(H,20,22)/t15-/m1/s1. The van der Waals surface area contributed by atoms with Gasteiger partial charge in [0.15, 0.2) is 0 Å². The van der Waals surface area contributed by atoms with Crippen molar-refractivity contribution in [2.24, 2.45) is 0 Å². The second-order valence-corrected chi connectivity index (χ2v) is 6.89. The van der Waals surface area contributed by atoms with E-state index in [1.165, 1.54) is 11.1 Å². The Morgan fingerprint density at radius 2 is 2.25 bits per heavy atom. The van der Waals surface area contributed by atoms with E-state index in [2.05, 4.69) is 34.6 Å². The van der Waals surface area contributed by atoms with Crippen LogP contribution in [0.25, 0.3) is 11.5 Å². The number of nitrogens with one attached hydrogen (secondary N) is 1. The molecule has 4 rings (SSSR count). The molecule has 0 spiro atoms. The molecule has 1 atom stereocenters. The maximum Gasteiger partial charge on any atom is 0.227 e. The highest BCUT2D eigenvalue weighted by Crippen LogP contribution is 2.34. The Hall–Kier alpha value is -2.40. The number of fused-ring (bicyclic) bond motifs is 1. The van der Waals surface area contributed by atoms with Crippen molar-refractivity contribution in [2.75, 3.05) is 6.54 Å². The fourth-order valence-electron chi connectivity index (χ4n) is 3.10. The topological polar surface area (TPSA) is 55.1 Å². The molecule has 1 aliphatic rings. The lowest BCUT2D eigenvalue weighted by Gasteiger charge is -2.30. The highest BCUT2D eigenvalue weighted by Gasteiger charge is 2.25. The average Bonchev–Trinajstić information content (AvgIpc) is 3.19. The van der Waals surface area contributed by atoms with Gasteiger partial charge in [0.25, 0.3) is 0 Å². The second-order valence-electron chi connectivity index (χ2n) is 6.11. The minimum absolute atomic E-state index is 0.00681. The van der Waals surface area contributed by atoms with Crippen molar-refractivity contribution in [3.8, 4) is 11.5 Å². The third-order valence-corrected chi connectivity index (χ3v) is 5.18. The molecule has 0 aliphatic heterocycles. The molecule has 0 bridgehead atoms. The molecule has 0 fully saturated rings. The third kappa shape index (κ3) is 2.87. The zero-order chi connectivity index (χ0) is 16.5. The summed E-state index contributed by atoms with van der Waals surface area (Å²) < 4.78 is 5.68. The first kappa shape index (κ1) is 15.1. The fourth-order valence-corrected chi connectivity index (χ4v) is 3.73. The summed E-state index contributed by atoms with van der Waals surface area (Å²) in [4.78, 5) is 16.7. The van der Waals surface area contributed by atoms with Crippen LogP contribution in [0.4, 0.5) is 0 Å². The smallest absolute Gasteiger partial charge is 0.227 e. The number of carbonyl (C=O) groups excluding carboxylic acids is 1. The normalized spacial score (nSPS) is 15.6. The van der Waals surface area contributed by atoms with Gasteiger partial charge in [-0.2, -0.15) is 11.3 Å². The SMILES string of the molecule is Cc1oc(-c2ccsc2)nc1CC(=O)NC[C@H]1Cc2ccccc21. The zero-order valence-electron chi connectivity index (χ0n) is 13.4. The number of benzene rings is 1. The Bertz CT molecular complexity index is 867. The largest absolute Gasteiger partial charge is 0.441 e. The first-order chi connectivity index (χ1) is 11.7. The van der Waals surface area contributed by atoms with Crippen molar-refractivity contribution in [3.63, 3.8) is 0 Å². The van der Waals surface area contributed by atoms with Gasteiger partial charge in [0, 0.05) is 23.4 Å². The molecule has 5 heteroatoms. The van der Waals surface area contributed by atoms with Gasteiger partial charge in [0.1, 0.15) is 5.76 Å². The lowest BCUT2D eigenvalue weighted by molar-refractivity contribution is -0.120. The molecule has 1 aliphatic carbocycles. The molecular weight excluding hydrogens is 320 g/mol. The van der Waals surface area contributed by atoms with E-state index < -0.39 is 0 Å². The number of aromatic nitrogens is 1. The number of rotatable bonds is 5. The van der Waals surface area contributed by atoms with E-state index in [-0.39, 0.29) is 12.3 Å². The molecular formula is C19H18N2O2S. The number of hydrogen-bond acceptors (Lipinski definition) is 4. The summed E-state index contributed by atoms with van der Waals surface area (Å²) in [5.41, 5.74) is 4.42. The van der Waals surface area contributed by atoms with Gasteiger partial charge in [0.05, 0.1) is 12.1 Å². The lowest BCUT2D eigenvalue weighted by Crippen LogP contribution is -2.34. The summed E-state index contributed by atoms with van der Waals surface area (Å²) in [5.74, 6) is 1.72. The quantitative estimate of drug-likeness (QED) is 0.771. The molecule has 2 heterocycles. The van der Waals surface area contributed by atoms with Crippen LogP contribution in [-0.4, -0.2) is 17.4 Å². The van der Waals surface area contributed by atoms with Crippen LogP contribution in [0.3, 0.4) is 0 Å². The van der Waals surface area contributed by atoms with Gasteiger partial charge < -0.3 is 9.73 Å². The number of hydrogen-bond donors (Lipinski definition) is 1. The summed E-state index contributed by atoms with van der Waals surface area (Å²) in [6.07, 6.45) is 1.30. The van der Waals surface area contributed by atoms with Crippen molar-refractivity contribution >= 4 is 17.2 Å². The van der Waals surface area contributed by atoms with Crippen LogP contribution in [-0.2, 0) is 17.6 Å². The molecule has 0 saturated carbocycles. The highest BCUT2D eigenvalue weighted by molar-refractivity contribution is 7.08. The van der Waals surface area contributed by atoms with Crippen LogP contribution in [0, 0.1) is 6.92 Å². The van der Waals surface area contributed by atoms with Crippen molar-refractivity contribution in [1.29, 1.82) is 0 Å². The molecule has 4 nitrogen and oxygen atoms in total. The molecule has 122 valence electrons. The molecule has 24 heavy (non-hydrogen) atoms. The lowest BCUT2D eigenvalue weighted by atomic mass is 9.77. The molecule has 1 aromatic carbocycles. The number of carbonyl (C=O) groups is 1. The predicted octanol–water partition coefficient (Wildman–Crippen LogP) is 3.71. The first-order valence-electron chi connectivity index (χ1n) is 8.04. The molecule has 0 radical (unpaired) electrons. The molecule has 2 aromatic heterocycles. The molecule has 1 N–H and O–H groups in total. The van der Waals surface area contributed by atoms with Crippen LogP contribution >= 0.6 is 11.3 Å². The van der Waals surface area contributed by atoms with E-state index in [9.17, 15) is 4.79 Å². The minimum Gasteiger partial charge on any atom is -0.441 e. The van der Waals surface area contributed by atoms with E-state index >= 15 is 0 Å². The van der Waals surface area contributed by atoms with E-state index in [0.717, 1.165) is 12.0 Å². The maximum absolute atomic E-state index is 12.2. The Labute approximate surface area is 144 Å². The van der Waals surface area contributed by atoms with Gasteiger partial charge in [-0.05, 0) is 35.9 Å². The van der Waals surface area contributed by atoms with Crippen LogP contribution in [0.2, 0.25) is 0 Å². The second kappa shape index (κ2) is 6.24. The molecule has 3 aromatic rings. The number of oxazole rings is 1. The predicted molar refractivity (Wildman–Crippen MR) is 94.2 cm³/mol. The van der Waals surface area contributed by atoms with E-state index in [1.54, 1.807) is 11.3 Å². The monoisotopic (exact) mass is 338 g/mol. The number of nitrogens with zero attached hydrogens (tertiary/aromatic N) is 1. The van der Waals surface area contributed by atoms with Crippen LogP contribution < -0.4 is 5.32 Å². The van der Waals surface area contributed by atoms with Crippen molar-refractivity contribution in [1.82, 2.24) is 10.3 Å². The number of amides is 1. The summed E-state index contributed by atoms with van der Waals surface area (Å²) in [6, 6.07) is 10.4. The van der Waals surface area contributed by atoms with Crippen LogP contribution in [0.15, 0.2) is 45.5 Å². The van der Waals surface area contributed by atoms with Crippen molar-refractivity contribution < 1.29 is 9.21 Å². The van der Waals surface area contributed by atoms with Gasteiger partial charge in [-0.15, -0.1) is 0 Å². The number of aryl methyl sites for hydroxylation is 1. The van der Waals surface area contributed by atoms with E-state index in [0.29, 0.717) is 29.8 Å². The number of thiophene rings is 1. The summed E-state index contributed by atoms with van der Waals surface area (Å²) in [6.45, 7) is 2.54. The first-order valence-corrected chi connectivity index (χ1v) is 8.98. The van der Waals surface area contributed by atoms with Crippen LogP contribution in [0.5, 0.6) is 0 Å². The Morgan fingerprint density at radius 3 is 3.04 bits per heavy atom.